The first-order chi connectivity index (χ1) is 6.07. The molecular weight excluding hydrogens is 168 g/mol. The fourth-order valence-electron chi connectivity index (χ4n) is 1.28. The maximum absolute atomic E-state index is 10.5. The normalized spacial score (nSPS) is 10.0. The Balaban J connectivity index is 3.31. The molecule has 0 aliphatic heterocycles. The van der Waals surface area contributed by atoms with Crippen LogP contribution in [0.3, 0.4) is 0 Å². The van der Waals surface area contributed by atoms with Crippen molar-refractivity contribution >= 4 is 11.4 Å². The van der Waals surface area contributed by atoms with Crippen molar-refractivity contribution in [1.29, 1.82) is 0 Å². The molecule has 0 aromatic heterocycles. The number of nitrogens with two attached hydrogens (primary N) is 1. The van der Waals surface area contributed by atoms with Crippen LogP contribution in [-0.2, 0) is 6.42 Å². The SMILES string of the molecule is CCc1ccc([N+](=O)[O-])c(C)c1N. The van der Waals surface area contributed by atoms with Gasteiger partial charge in [0.2, 0.25) is 0 Å². The van der Waals surface area contributed by atoms with Crippen LogP contribution in [0.15, 0.2) is 12.1 Å². The van der Waals surface area contributed by atoms with Crippen molar-refractivity contribution in [2.24, 2.45) is 0 Å². The van der Waals surface area contributed by atoms with Gasteiger partial charge in [-0.2, -0.15) is 0 Å². The Labute approximate surface area is 76.5 Å². The van der Waals surface area contributed by atoms with Crippen LogP contribution in [0.2, 0.25) is 0 Å². The molecule has 70 valence electrons. The minimum absolute atomic E-state index is 0.0923. The van der Waals surface area contributed by atoms with Crippen LogP contribution in [0.5, 0.6) is 0 Å². The monoisotopic (exact) mass is 180 g/mol. The second-order valence-corrected chi connectivity index (χ2v) is 2.89. The van der Waals surface area contributed by atoms with Crippen LogP contribution in [0.4, 0.5) is 11.4 Å². The molecule has 1 aromatic carbocycles. The van der Waals surface area contributed by atoms with Crippen LogP contribution >= 0.6 is 0 Å². The maximum Gasteiger partial charge on any atom is 0.274 e. The third kappa shape index (κ3) is 1.61. The second-order valence-electron chi connectivity index (χ2n) is 2.89. The van der Waals surface area contributed by atoms with Gasteiger partial charge in [-0.25, -0.2) is 0 Å². The summed E-state index contributed by atoms with van der Waals surface area (Å²) in [6, 6.07) is 3.21. The molecule has 0 fully saturated rings. The lowest BCUT2D eigenvalue weighted by molar-refractivity contribution is -0.385. The van der Waals surface area contributed by atoms with Gasteiger partial charge in [0, 0.05) is 17.3 Å². The molecule has 0 spiro atoms. The summed E-state index contributed by atoms with van der Waals surface area (Å²) in [5.74, 6) is 0. The van der Waals surface area contributed by atoms with E-state index in [1.54, 1.807) is 13.0 Å². The Morgan fingerprint density at radius 3 is 2.62 bits per heavy atom. The third-order valence-corrected chi connectivity index (χ3v) is 2.15. The summed E-state index contributed by atoms with van der Waals surface area (Å²) in [6.07, 6.45) is 0.796. The van der Waals surface area contributed by atoms with Gasteiger partial charge in [0.05, 0.1) is 4.92 Å². The van der Waals surface area contributed by atoms with E-state index in [4.69, 9.17) is 5.73 Å². The lowest BCUT2D eigenvalue weighted by Crippen LogP contribution is -2.00. The van der Waals surface area contributed by atoms with E-state index in [9.17, 15) is 10.1 Å². The van der Waals surface area contributed by atoms with E-state index < -0.39 is 4.92 Å². The van der Waals surface area contributed by atoms with Crippen molar-refractivity contribution in [3.8, 4) is 0 Å². The Morgan fingerprint density at radius 1 is 1.54 bits per heavy atom. The first-order valence-corrected chi connectivity index (χ1v) is 4.10. The van der Waals surface area contributed by atoms with Crippen LogP contribution in [0.25, 0.3) is 0 Å². The van der Waals surface area contributed by atoms with Gasteiger partial charge >= 0.3 is 0 Å². The number of benzene rings is 1. The topological polar surface area (TPSA) is 69.2 Å². The Morgan fingerprint density at radius 2 is 2.15 bits per heavy atom. The maximum atomic E-state index is 10.5. The number of nitro groups is 1. The molecule has 0 saturated heterocycles. The second kappa shape index (κ2) is 3.43. The largest absolute Gasteiger partial charge is 0.398 e. The van der Waals surface area contributed by atoms with Crippen molar-refractivity contribution in [3.05, 3.63) is 33.4 Å². The van der Waals surface area contributed by atoms with Gasteiger partial charge in [-0.15, -0.1) is 0 Å². The van der Waals surface area contributed by atoms with Crippen molar-refractivity contribution in [1.82, 2.24) is 0 Å². The molecule has 0 amide bonds. The van der Waals surface area contributed by atoms with E-state index in [1.165, 1.54) is 6.07 Å². The molecule has 0 bridgehead atoms. The van der Waals surface area contributed by atoms with Gasteiger partial charge in [-0.1, -0.05) is 13.0 Å². The van der Waals surface area contributed by atoms with Crippen molar-refractivity contribution < 1.29 is 4.92 Å². The number of hydrogen-bond acceptors (Lipinski definition) is 3. The molecule has 0 aliphatic carbocycles. The molecule has 4 nitrogen and oxygen atoms in total. The first-order valence-electron chi connectivity index (χ1n) is 4.10. The zero-order valence-corrected chi connectivity index (χ0v) is 7.70. The van der Waals surface area contributed by atoms with Crippen molar-refractivity contribution in [2.45, 2.75) is 20.3 Å². The molecule has 1 rings (SSSR count). The summed E-state index contributed by atoms with van der Waals surface area (Å²) in [6.45, 7) is 3.64. The van der Waals surface area contributed by atoms with Gasteiger partial charge in [-0.05, 0) is 18.9 Å². The predicted molar refractivity (Wildman–Crippen MR) is 51.6 cm³/mol. The highest BCUT2D eigenvalue weighted by Gasteiger charge is 2.13. The van der Waals surface area contributed by atoms with Crippen molar-refractivity contribution in [3.63, 3.8) is 0 Å². The van der Waals surface area contributed by atoms with Gasteiger partial charge in [0.25, 0.3) is 5.69 Å². The van der Waals surface area contributed by atoms with E-state index >= 15 is 0 Å². The van der Waals surface area contributed by atoms with Crippen LogP contribution < -0.4 is 5.73 Å². The van der Waals surface area contributed by atoms with Gasteiger partial charge in [0.1, 0.15) is 0 Å². The summed E-state index contributed by atoms with van der Waals surface area (Å²) < 4.78 is 0. The zero-order valence-electron chi connectivity index (χ0n) is 7.70. The Hall–Kier alpha value is -1.58. The average molecular weight is 180 g/mol. The number of nitrogen functional groups attached to an aromatic ring is 1. The highest BCUT2D eigenvalue weighted by molar-refractivity contribution is 5.61. The summed E-state index contributed by atoms with van der Waals surface area (Å²) >= 11 is 0. The van der Waals surface area contributed by atoms with E-state index in [0.29, 0.717) is 11.3 Å². The molecule has 0 atom stereocenters. The molecule has 13 heavy (non-hydrogen) atoms. The van der Waals surface area contributed by atoms with E-state index in [1.807, 2.05) is 6.92 Å². The molecule has 0 saturated carbocycles. The number of rotatable bonds is 2. The molecule has 2 N–H and O–H groups in total. The summed E-state index contributed by atoms with van der Waals surface area (Å²) in [7, 11) is 0. The molecule has 1 aromatic rings. The molecular formula is C9H12N2O2. The molecule has 0 heterocycles. The molecule has 0 unspecified atom stereocenters. The van der Waals surface area contributed by atoms with Gasteiger partial charge in [-0.3, -0.25) is 10.1 Å². The summed E-state index contributed by atoms with van der Waals surface area (Å²) in [5, 5.41) is 10.5. The van der Waals surface area contributed by atoms with Crippen LogP contribution in [0.1, 0.15) is 18.1 Å². The first kappa shape index (κ1) is 9.51. The highest BCUT2D eigenvalue weighted by atomic mass is 16.6. The lowest BCUT2D eigenvalue weighted by Gasteiger charge is -2.05. The van der Waals surface area contributed by atoms with Gasteiger partial charge in [0.15, 0.2) is 0 Å². The van der Waals surface area contributed by atoms with Crippen LogP contribution in [0, 0.1) is 17.0 Å². The Kier molecular flexibility index (Phi) is 2.51. The molecule has 4 heteroatoms. The molecule has 0 radical (unpaired) electrons. The lowest BCUT2D eigenvalue weighted by atomic mass is 10.0. The number of aryl methyl sites for hydroxylation is 1. The average Bonchev–Trinajstić information content (AvgIpc) is 2.09. The third-order valence-electron chi connectivity index (χ3n) is 2.15. The Bertz CT molecular complexity index is 348. The highest BCUT2D eigenvalue weighted by Crippen LogP contribution is 2.26. The quantitative estimate of drug-likeness (QED) is 0.430. The smallest absolute Gasteiger partial charge is 0.274 e. The number of hydrogen-bond donors (Lipinski definition) is 1. The predicted octanol–water partition coefficient (Wildman–Crippen LogP) is 2.05. The number of nitro benzene ring substituents is 1. The summed E-state index contributed by atoms with van der Waals surface area (Å²) in [4.78, 5) is 10.1. The number of anilines is 1. The minimum atomic E-state index is -0.412. The van der Waals surface area contributed by atoms with Crippen LogP contribution in [-0.4, -0.2) is 4.92 Å². The fourth-order valence-corrected chi connectivity index (χ4v) is 1.28. The number of nitrogens with zero attached hydrogens (tertiary/aromatic N) is 1. The zero-order chi connectivity index (χ0) is 10.0. The van der Waals surface area contributed by atoms with E-state index in [0.717, 1.165) is 12.0 Å². The van der Waals surface area contributed by atoms with Crippen molar-refractivity contribution in [2.75, 3.05) is 5.73 Å². The van der Waals surface area contributed by atoms with E-state index in [-0.39, 0.29) is 5.69 Å². The minimum Gasteiger partial charge on any atom is -0.398 e. The summed E-state index contributed by atoms with van der Waals surface area (Å²) in [5.41, 5.74) is 7.88. The van der Waals surface area contributed by atoms with E-state index in [2.05, 4.69) is 0 Å². The fraction of sp³-hybridized carbons (Fsp3) is 0.333. The molecule has 0 aliphatic rings. The standard InChI is InChI=1S/C9H12N2O2/c1-3-7-4-5-8(11(12)13)6(2)9(7)10/h4-5H,3,10H2,1-2H3. The van der Waals surface area contributed by atoms with Gasteiger partial charge < -0.3 is 5.73 Å².